The van der Waals surface area contributed by atoms with E-state index in [1.54, 1.807) is 0 Å². The lowest BCUT2D eigenvalue weighted by molar-refractivity contribution is 0.483. The molecule has 1 aliphatic rings. The topological polar surface area (TPSA) is 52.0 Å². The molecule has 0 aromatic heterocycles. The van der Waals surface area contributed by atoms with Crippen LogP contribution in [0.2, 0.25) is 0 Å². The first kappa shape index (κ1) is 10.5. The van der Waals surface area contributed by atoms with Gasteiger partial charge in [-0.3, -0.25) is 0 Å². The van der Waals surface area contributed by atoms with E-state index in [1.165, 1.54) is 11.1 Å². The summed E-state index contributed by atoms with van der Waals surface area (Å²) in [6.45, 7) is 6.26. The van der Waals surface area contributed by atoms with Crippen LogP contribution in [0.5, 0.6) is 0 Å². The summed E-state index contributed by atoms with van der Waals surface area (Å²) in [5, 5.41) is 0. The van der Waals surface area contributed by atoms with E-state index < -0.39 is 0 Å². The molecule has 0 aromatic rings. The number of nitrogens with two attached hydrogens (primary N) is 2. The van der Waals surface area contributed by atoms with Crippen LogP contribution in [0.3, 0.4) is 0 Å². The van der Waals surface area contributed by atoms with Crippen molar-refractivity contribution < 1.29 is 0 Å². The third kappa shape index (κ3) is 2.01. The molecule has 74 valence electrons. The molecule has 0 saturated heterocycles. The van der Waals surface area contributed by atoms with Crippen molar-refractivity contribution >= 4 is 0 Å². The van der Waals surface area contributed by atoms with Gasteiger partial charge in [0, 0.05) is 6.04 Å². The van der Waals surface area contributed by atoms with Crippen LogP contribution in [0.1, 0.15) is 33.6 Å². The Bertz CT molecular complexity index is 249. The summed E-state index contributed by atoms with van der Waals surface area (Å²) >= 11 is 0. The van der Waals surface area contributed by atoms with Crippen LogP contribution in [-0.4, -0.2) is 11.6 Å². The first-order chi connectivity index (χ1) is 6.01. The largest absolute Gasteiger partial charge is 0.322 e. The quantitative estimate of drug-likeness (QED) is 0.680. The van der Waals surface area contributed by atoms with Gasteiger partial charge < -0.3 is 11.5 Å². The molecule has 0 aliphatic heterocycles. The molecule has 0 fully saturated rings. The fourth-order valence-electron chi connectivity index (χ4n) is 1.78. The zero-order valence-electron chi connectivity index (χ0n) is 8.80. The summed E-state index contributed by atoms with van der Waals surface area (Å²) in [6, 6.07) is -0.0206. The average molecular weight is 180 g/mol. The number of hydrogen-bond acceptors (Lipinski definition) is 2. The standard InChI is InChI=1S/C11H20N2/c1-4-8-6-9(5-2)10(12)11(3,13)7-8/h6-7,10H,4-5,12-13H2,1-3H3. The molecule has 0 spiro atoms. The maximum Gasteiger partial charge on any atom is 0.0509 e. The molecule has 0 saturated carbocycles. The minimum atomic E-state index is -0.370. The molecule has 4 N–H and O–H groups in total. The molecule has 1 rings (SSSR count). The van der Waals surface area contributed by atoms with E-state index in [-0.39, 0.29) is 11.6 Å². The monoisotopic (exact) mass is 180 g/mol. The average Bonchev–Trinajstić information content (AvgIpc) is 2.09. The van der Waals surface area contributed by atoms with Gasteiger partial charge in [-0.25, -0.2) is 0 Å². The van der Waals surface area contributed by atoms with Crippen molar-refractivity contribution in [2.24, 2.45) is 11.5 Å². The SMILES string of the molecule is CCC1=CC(C)(N)C(N)C(CC)=C1. The number of hydrogen-bond donors (Lipinski definition) is 2. The molecule has 0 amide bonds. The lowest BCUT2D eigenvalue weighted by atomic mass is 9.80. The summed E-state index contributed by atoms with van der Waals surface area (Å²) in [5.41, 5.74) is 14.4. The highest BCUT2D eigenvalue weighted by atomic mass is 14.8. The molecule has 2 heteroatoms. The minimum Gasteiger partial charge on any atom is -0.322 e. The maximum absolute atomic E-state index is 6.11. The lowest BCUT2D eigenvalue weighted by Crippen LogP contribution is -2.53. The molecule has 13 heavy (non-hydrogen) atoms. The maximum atomic E-state index is 6.11. The van der Waals surface area contributed by atoms with E-state index in [4.69, 9.17) is 11.5 Å². The smallest absolute Gasteiger partial charge is 0.0509 e. The van der Waals surface area contributed by atoms with Gasteiger partial charge in [0.1, 0.15) is 0 Å². The third-order valence-electron chi connectivity index (χ3n) is 2.75. The molecule has 1 aliphatic carbocycles. The number of rotatable bonds is 2. The second kappa shape index (κ2) is 3.64. The summed E-state index contributed by atoms with van der Waals surface area (Å²) in [6.07, 6.45) is 6.31. The highest BCUT2D eigenvalue weighted by Gasteiger charge is 2.30. The highest BCUT2D eigenvalue weighted by Crippen LogP contribution is 2.26. The second-order valence-electron chi connectivity index (χ2n) is 3.99. The van der Waals surface area contributed by atoms with Crippen molar-refractivity contribution in [1.29, 1.82) is 0 Å². The van der Waals surface area contributed by atoms with Gasteiger partial charge in [-0.15, -0.1) is 0 Å². The molecule has 0 aromatic carbocycles. The van der Waals surface area contributed by atoms with Crippen LogP contribution in [0, 0.1) is 0 Å². The fraction of sp³-hybridized carbons (Fsp3) is 0.636. The minimum absolute atomic E-state index is 0.0206. The fourth-order valence-corrected chi connectivity index (χ4v) is 1.78. The molecule has 0 radical (unpaired) electrons. The first-order valence-electron chi connectivity index (χ1n) is 4.98. The van der Waals surface area contributed by atoms with Gasteiger partial charge in [-0.05, 0) is 19.8 Å². The Labute approximate surface area is 80.7 Å². The second-order valence-corrected chi connectivity index (χ2v) is 3.99. The van der Waals surface area contributed by atoms with Crippen LogP contribution in [-0.2, 0) is 0 Å². The predicted octanol–water partition coefficient (Wildman–Crippen LogP) is 1.72. The van der Waals surface area contributed by atoms with Crippen LogP contribution >= 0.6 is 0 Å². The zero-order chi connectivity index (χ0) is 10.1. The Kier molecular flexibility index (Phi) is 2.94. The van der Waals surface area contributed by atoms with Gasteiger partial charge >= 0.3 is 0 Å². The summed E-state index contributed by atoms with van der Waals surface area (Å²) in [4.78, 5) is 0. The van der Waals surface area contributed by atoms with E-state index in [0.717, 1.165) is 12.8 Å². The van der Waals surface area contributed by atoms with Crippen LogP contribution < -0.4 is 11.5 Å². The van der Waals surface area contributed by atoms with Gasteiger partial charge in [-0.1, -0.05) is 37.1 Å². The van der Waals surface area contributed by atoms with E-state index in [2.05, 4.69) is 26.0 Å². The summed E-state index contributed by atoms with van der Waals surface area (Å²) < 4.78 is 0. The molecule has 2 nitrogen and oxygen atoms in total. The first-order valence-corrected chi connectivity index (χ1v) is 4.98. The summed E-state index contributed by atoms with van der Waals surface area (Å²) in [7, 11) is 0. The Balaban J connectivity index is 3.00. The Morgan fingerprint density at radius 2 is 2.00 bits per heavy atom. The van der Waals surface area contributed by atoms with Crippen molar-refractivity contribution in [2.75, 3.05) is 0 Å². The molecule has 0 heterocycles. The van der Waals surface area contributed by atoms with Gasteiger partial charge in [0.25, 0.3) is 0 Å². The van der Waals surface area contributed by atoms with Gasteiger partial charge in [0.2, 0.25) is 0 Å². The van der Waals surface area contributed by atoms with Gasteiger partial charge in [0.15, 0.2) is 0 Å². The predicted molar refractivity (Wildman–Crippen MR) is 57.3 cm³/mol. The van der Waals surface area contributed by atoms with Crippen LogP contribution in [0.25, 0.3) is 0 Å². The highest BCUT2D eigenvalue weighted by molar-refractivity contribution is 5.38. The lowest BCUT2D eigenvalue weighted by Gasteiger charge is -2.34. The molecule has 0 bridgehead atoms. The summed E-state index contributed by atoms with van der Waals surface area (Å²) in [5.74, 6) is 0. The number of allylic oxidation sites excluding steroid dienone is 2. The van der Waals surface area contributed by atoms with Crippen molar-refractivity contribution in [3.63, 3.8) is 0 Å². The normalized spacial score (nSPS) is 34.1. The van der Waals surface area contributed by atoms with E-state index >= 15 is 0 Å². The Morgan fingerprint density at radius 3 is 2.46 bits per heavy atom. The van der Waals surface area contributed by atoms with Gasteiger partial charge in [0.05, 0.1) is 5.54 Å². The molecule has 2 unspecified atom stereocenters. The van der Waals surface area contributed by atoms with Crippen molar-refractivity contribution in [3.05, 3.63) is 23.3 Å². The Morgan fingerprint density at radius 1 is 1.38 bits per heavy atom. The van der Waals surface area contributed by atoms with Crippen molar-refractivity contribution in [3.8, 4) is 0 Å². The third-order valence-corrected chi connectivity index (χ3v) is 2.75. The molecule has 2 atom stereocenters. The molecular formula is C11H20N2. The van der Waals surface area contributed by atoms with Crippen molar-refractivity contribution in [1.82, 2.24) is 0 Å². The van der Waals surface area contributed by atoms with E-state index in [1.807, 2.05) is 6.92 Å². The van der Waals surface area contributed by atoms with Crippen LogP contribution in [0.4, 0.5) is 0 Å². The molecular weight excluding hydrogens is 160 g/mol. The van der Waals surface area contributed by atoms with Gasteiger partial charge in [-0.2, -0.15) is 0 Å². The van der Waals surface area contributed by atoms with E-state index in [9.17, 15) is 0 Å². The van der Waals surface area contributed by atoms with E-state index in [0.29, 0.717) is 0 Å². The van der Waals surface area contributed by atoms with Crippen LogP contribution in [0.15, 0.2) is 23.3 Å². The Hall–Kier alpha value is -0.600. The van der Waals surface area contributed by atoms with Crippen molar-refractivity contribution in [2.45, 2.75) is 45.2 Å². The zero-order valence-corrected chi connectivity index (χ0v) is 8.80.